The highest BCUT2D eigenvalue weighted by Crippen LogP contribution is 2.32. The Labute approximate surface area is 231 Å². The number of aliphatic hydroxyl groups excluding tert-OH is 1. The van der Waals surface area contributed by atoms with Gasteiger partial charge in [0.1, 0.15) is 30.5 Å². The van der Waals surface area contributed by atoms with Gasteiger partial charge in [0, 0.05) is 24.3 Å². The zero-order chi connectivity index (χ0) is 27.6. The van der Waals surface area contributed by atoms with Gasteiger partial charge >= 0.3 is 0 Å². The molecule has 0 heterocycles. The fourth-order valence-corrected chi connectivity index (χ4v) is 4.43. The van der Waals surface area contributed by atoms with Crippen LogP contribution in [-0.4, -0.2) is 32.3 Å². The minimum Gasteiger partial charge on any atom is -0.512 e. The van der Waals surface area contributed by atoms with Crippen molar-refractivity contribution in [1.29, 1.82) is 0 Å². The molecular formula is C33H34BNO4. The van der Waals surface area contributed by atoms with Gasteiger partial charge in [-0.05, 0) is 41.2 Å². The fraction of sp³-hybridized carbons (Fsp3) is 0.182. The average Bonchev–Trinajstić information content (AvgIpc) is 2.98. The SMILES string of the molecule is CBc1cc(C(=N/C)/C(=C(/C)O)c2ccc(OC)cc2)c(OCc2ccccc2)cc1OCc1ccccc1. The summed E-state index contributed by atoms with van der Waals surface area (Å²) < 4.78 is 18.0. The molecule has 0 radical (unpaired) electrons. The fourth-order valence-electron chi connectivity index (χ4n) is 4.43. The molecule has 0 aliphatic rings. The summed E-state index contributed by atoms with van der Waals surface area (Å²) in [4.78, 5) is 4.66. The summed E-state index contributed by atoms with van der Waals surface area (Å²) in [7, 11) is 4.12. The predicted octanol–water partition coefficient (Wildman–Crippen LogP) is 6.37. The largest absolute Gasteiger partial charge is 0.512 e. The molecule has 0 bridgehead atoms. The number of hydrogen-bond acceptors (Lipinski definition) is 5. The first kappa shape index (κ1) is 27.6. The molecule has 0 saturated carbocycles. The molecule has 0 fully saturated rings. The van der Waals surface area contributed by atoms with Gasteiger partial charge in [-0.25, -0.2) is 0 Å². The summed E-state index contributed by atoms with van der Waals surface area (Å²) in [5.41, 5.74) is 6.04. The van der Waals surface area contributed by atoms with Gasteiger partial charge in [-0.15, -0.1) is 0 Å². The molecule has 0 spiro atoms. The first-order chi connectivity index (χ1) is 19.0. The summed E-state index contributed by atoms with van der Waals surface area (Å²) >= 11 is 0. The Balaban J connectivity index is 1.78. The third-order valence-electron chi connectivity index (χ3n) is 6.47. The second-order valence-electron chi connectivity index (χ2n) is 9.12. The van der Waals surface area contributed by atoms with Crippen LogP contribution in [0.1, 0.15) is 29.2 Å². The number of allylic oxidation sites excluding steroid dienone is 2. The topological polar surface area (TPSA) is 60.3 Å². The molecule has 0 aromatic heterocycles. The van der Waals surface area contributed by atoms with Crippen LogP contribution < -0.4 is 19.7 Å². The van der Waals surface area contributed by atoms with Crippen LogP contribution in [0.25, 0.3) is 5.57 Å². The molecule has 1 N–H and O–H groups in total. The van der Waals surface area contributed by atoms with Crippen molar-refractivity contribution in [2.75, 3.05) is 14.2 Å². The van der Waals surface area contributed by atoms with E-state index in [-0.39, 0.29) is 5.76 Å². The zero-order valence-corrected chi connectivity index (χ0v) is 23.0. The first-order valence-electron chi connectivity index (χ1n) is 13.1. The van der Waals surface area contributed by atoms with Crippen molar-refractivity contribution in [2.45, 2.75) is 27.0 Å². The van der Waals surface area contributed by atoms with Crippen molar-refractivity contribution in [3.63, 3.8) is 0 Å². The Morgan fingerprint density at radius 2 is 1.36 bits per heavy atom. The molecule has 5 nitrogen and oxygen atoms in total. The Hall–Kier alpha value is -4.45. The van der Waals surface area contributed by atoms with Crippen molar-refractivity contribution < 1.29 is 19.3 Å². The molecular weight excluding hydrogens is 485 g/mol. The third kappa shape index (κ3) is 6.91. The van der Waals surface area contributed by atoms with Gasteiger partial charge in [0.2, 0.25) is 0 Å². The molecule has 0 saturated heterocycles. The molecule has 4 aromatic rings. The van der Waals surface area contributed by atoms with Crippen LogP contribution in [0.2, 0.25) is 6.82 Å². The minimum absolute atomic E-state index is 0.164. The molecule has 0 atom stereocenters. The van der Waals surface area contributed by atoms with E-state index in [1.807, 2.05) is 91.0 Å². The third-order valence-corrected chi connectivity index (χ3v) is 6.47. The lowest BCUT2D eigenvalue weighted by Crippen LogP contribution is -2.20. The van der Waals surface area contributed by atoms with Crippen LogP contribution in [0, 0.1) is 0 Å². The van der Waals surface area contributed by atoms with Crippen LogP contribution in [0.5, 0.6) is 17.2 Å². The monoisotopic (exact) mass is 519 g/mol. The number of methoxy groups -OCH3 is 1. The van der Waals surface area contributed by atoms with Crippen LogP contribution in [-0.2, 0) is 13.2 Å². The lowest BCUT2D eigenvalue weighted by atomic mass is 9.71. The zero-order valence-electron chi connectivity index (χ0n) is 23.0. The number of aliphatic hydroxyl groups is 1. The van der Waals surface area contributed by atoms with Crippen molar-refractivity contribution >= 4 is 24.0 Å². The maximum atomic E-state index is 10.8. The molecule has 0 amide bonds. The van der Waals surface area contributed by atoms with Crippen LogP contribution in [0.4, 0.5) is 0 Å². The van der Waals surface area contributed by atoms with E-state index in [2.05, 4.69) is 17.9 Å². The van der Waals surface area contributed by atoms with Gasteiger partial charge in [0.05, 0.1) is 18.6 Å². The summed E-state index contributed by atoms with van der Waals surface area (Å²) in [6.07, 6.45) is 0. The van der Waals surface area contributed by atoms with E-state index in [0.717, 1.165) is 46.5 Å². The number of benzene rings is 4. The highest BCUT2D eigenvalue weighted by molar-refractivity contribution is 6.53. The number of hydrogen-bond donors (Lipinski definition) is 1. The van der Waals surface area contributed by atoms with E-state index in [1.165, 1.54) is 0 Å². The van der Waals surface area contributed by atoms with E-state index in [1.54, 1.807) is 21.1 Å². The van der Waals surface area contributed by atoms with Gasteiger partial charge in [0.25, 0.3) is 0 Å². The van der Waals surface area contributed by atoms with E-state index in [0.29, 0.717) is 30.2 Å². The second-order valence-corrected chi connectivity index (χ2v) is 9.12. The van der Waals surface area contributed by atoms with E-state index in [4.69, 9.17) is 14.2 Å². The van der Waals surface area contributed by atoms with E-state index < -0.39 is 0 Å². The molecule has 4 aromatic carbocycles. The van der Waals surface area contributed by atoms with Crippen LogP contribution in [0.15, 0.2) is 108 Å². The Bertz CT molecular complexity index is 1430. The predicted molar refractivity (Wildman–Crippen MR) is 161 cm³/mol. The smallest absolute Gasteiger partial charge is 0.159 e. The number of nitrogens with zero attached hydrogens (tertiary/aromatic N) is 1. The lowest BCUT2D eigenvalue weighted by molar-refractivity contribution is 0.291. The summed E-state index contributed by atoms with van der Waals surface area (Å²) in [6.45, 7) is 4.60. The van der Waals surface area contributed by atoms with Gasteiger partial charge in [0.15, 0.2) is 7.28 Å². The Morgan fingerprint density at radius 1 is 0.795 bits per heavy atom. The maximum absolute atomic E-state index is 10.8. The standard InChI is InChI=1S/C33H34BNO4/c1-23(36)32(26-15-17-27(37-4)18-16-26)33(35-3)28-19-29(34-2)31(39-22-25-13-9-6-10-14-25)20-30(28)38-21-24-11-7-5-8-12-24/h5-20,34,36H,21-22H2,1-4H3/b32-23-,35-33-. The normalized spacial score (nSPS) is 11.9. The number of ether oxygens (including phenoxy) is 3. The Morgan fingerprint density at radius 3 is 1.85 bits per heavy atom. The molecule has 39 heavy (non-hydrogen) atoms. The quantitative estimate of drug-likeness (QED) is 0.142. The van der Waals surface area contributed by atoms with Crippen molar-refractivity contribution in [3.8, 4) is 17.2 Å². The Kier molecular flexibility index (Phi) is 9.46. The first-order valence-corrected chi connectivity index (χ1v) is 13.1. The molecule has 4 rings (SSSR count). The molecule has 0 unspecified atom stereocenters. The summed E-state index contributed by atoms with van der Waals surface area (Å²) in [5.74, 6) is 2.30. The van der Waals surface area contributed by atoms with Crippen LogP contribution >= 0.6 is 0 Å². The van der Waals surface area contributed by atoms with Crippen LogP contribution in [0.3, 0.4) is 0 Å². The molecule has 198 valence electrons. The summed E-state index contributed by atoms with van der Waals surface area (Å²) in [6, 6.07) is 31.7. The minimum atomic E-state index is 0.164. The van der Waals surface area contributed by atoms with Gasteiger partial charge in [-0.2, -0.15) is 0 Å². The number of rotatable bonds is 11. The average molecular weight is 519 g/mol. The van der Waals surface area contributed by atoms with Gasteiger partial charge in [-0.3, -0.25) is 4.99 Å². The van der Waals surface area contributed by atoms with Crippen molar-refractivity contribution in [1.82, 2.24) is 0 Å². The van der Waals surface area contributed by atoms with Gasteiger partial charge in [-0.1, -0.05) is 85.7 Å². The molecule has 0 aliphatic heterocycles. The molecule has 6 heteroatoms. The lowest BCUT2D eigenvalue weighted by Gasteiger charge is -2.20. The van der Waals surface area contributed by atoms with E-state index in [9.17, 15) is 5.11 Å². The second kappa shape index (κ2) is 13.4. The highest BCUT2D eigenvalue weighted by Gasteiger charge is 2.22. The van der Waals surface area contributed by atoms with Gasteiger partial charge < -0.3 is 19.3 Å². The number of aliphatic imine (C=N–C) groups is 1. The van der Waals surface area contributed by atoms with E-state index >= 15 is 0 Å². The summed E-state index contributed by atoms with van der Waals surface area (Å²) in [5, 5.41) is 10.8. The van der Waals surface area contributed by atoms with Crippen molar-refractivity contribution in [2.24, 2.45) is 4.99 Å². The highest BCUT2D eigenvalue weighted by atomic mass is 16.5. The van der Waals surface area contributed by atoms with Crippen molar-refractivity contribution in [3.05, 3.63) is 125 Å². The molecule has 0 aliphatic carbocycles. The maximum Gasteiger partial charge on any atom is 0.159 e.